The van der Waals surface area contributed by atoms with Crippen molar-refractivity contribution in [2.75, 3.05) is 6.61 Å². The van der Waals surface area contributed by atoms with Gasteiger partial charge in [-0.3, -0.25) is 14.9 Å². The van der Waals surface area contributed by atoms with Gasteiger partial charge in [-0.25, -0.2) is 9.78 Å². The minimum absolute atomic E-state index is 0.358. The number of thiazole rings is 1. The van der Waals surface area contributed by atoms with Crippen molar-refractivity contribution < 1.29 is 19.1 Å². The zero-order chi connectivity index (χ0) is 16.1. The lowest BCUT2D eigenvalue weighted by Crippen LogP contribution is -2.34. The Morgan fingerprint density at radius 1 is 1.18 bits per heavy atom. The Hall–Kier alpha value is -2.54. The molecule has 114 valence electrons. The highest BCUT2D eigenvalue weighted by molar-refractivity contribution is 7.13. The molecule has 0 saturated heterocycles. The molecule has 2 rings (SSSR count). The molecule has 6 nitrogen and oxygen atoms in total. The van der Waals surface area contributed by atoms with Crippen LogP contribution >= 0.6 is 11.3 Å². The summed E-state index contributed by atoms with van der Waals surface area (Å²) in [5.74, 6) is -1.84. The lowest BCUT2D eigenvalue weighted by Gasteiger charge is -2.05. The quantitative estimate of drug-likeness (QED) is 0.870. The van der Waals surface area contributed by atoms with Gasteiger partial charge in [0, 0.05) is 5.56 Å². The molecule has 0 aliphatic carbocycles. The summed E-state index contributed by atoms with van der Waals surface area (Å²) in [6.07, 6.45) is 0. The molecule has 1 heterocycles. The molecule has 0 fully saturated rings. The lowest BCUT2D eigenvalue weighted by molar-refractivity contribution is -0.123. The summed E-state index contributed by atoms with van der Waals surface area (Å²) in [6, 6.07) is 8.30. The van der Waals surface area contributed by atoms with Crippen molar-refractivity contribution in [3.8, 4) is 0 Å². The number of aryl methyl sites for hydroxylation is 2. The highest BCUT2D eigenvalue weighted by Gasteiger charge is 2.17. The van der Waals surface area contributed by atoms with Crippen molar-refractivity contribution in [3.63, 3.8) is 0 Å². The number of benzene rings is 1. The molecule has 22 heavy (non-hydrogen) atoms. The van der Waals surface area contributed by atoms with Gasteiger partial charge in [0.2, 0.25) is 0 Å². The van der Waals surface area contributed by atoms with E-state index in [-0.39, 0.29) is 0 Å². The average Bonchev–Trinajstić information content (AvgIpc) is 2.84. The third-order valence-corrected chi connectivity index (χ3v) is 3.77. The highest BCUT2D eigenvalue weighted by Crippen LogP contribution is 2.17. The van der Waals surface area contributed by atoms with E-state index < -0.39 is 24.4 Å². The Kier molecular flexibility index (Phi) is 5.00. The van der Waals surface area contributed by atoms with Crippen LogP contribution in [0.4, 0.5) is 0 Å². The Labute approximate surface area is 131 Å². The molecule has 0 aliphatic heterocycles. The van der Waals surface area contributed by atoms with Crippen LogP contribution in [0.15, 0.2) is 30.3 Å². The van der Waals surface area contributed by atoms with E-state index in [0.717, 1.165) is 5.01 Å². The van der Waals surface area contributed by atoms with Gasteiger partial charge < -0.3 is 4.74 Å². The van der Waals surface area contributed by atoms with Crippen LogP contribution in [0, 0.1) is 13.8 Å². The third kappa shape index (κ3) is 3.98. The van der Waals surface area contributed by atoms with Gasteiger partial charge in [-0.1, -0.05) is 18.2 Å². The first-order valence-electron chi connectivity index (χ1n) is 6.47. The number of carbonyl (C=O) groups is 3. The van der Waals surface area contributed by atoms with Crippen LogP contribution in [0.1, 0.15) is 30.7 Å². The van der Waals surface area contributed by atoms with Gasteiger partial charge in [-0.2, -0.15) is 0 Å². The summed E-state index contributed by atoms with van der Waals surface area (Å²) in [5, 5.41) is 2.90. The molecule has 0 aliphatic rings. The molecule has 0 spiro atoms. The number of esters is 1. The first-order chi connectivity index (χ1) is 10.5. The number of amides is 2. The number of aromatic nitrogens is 1. The molecule has 2 amide bonds. The van der Waals surface area contributed by atoms with Crippen molar-refractivity contribution in [1.29, 1.82) is 0 Å². The number of carbonyl (C=O) groups excluding carboxylic acids is 3. The molecular formula is C15H14N2O4S. The molecule has 2 aromatic rings. The third-order valence-electron chi connectivity index (χ3n) is 2.71. The Morgan fingerprint density at radius 2 is 1.86 bits per heavy atom. The molecule has 0 atom stereocenters. The number of imide groups is 1. The molecule has 0 unspecified atom stereocenters. The van der Waals surface area contributed by atoms with Crippen LogP contribution in [-0.4, -0.2) is 29.4 Å². The van der Waals surface area contributed by atoms with E-state index in [2.05, 4.69) is 10.3 Å². The molecule has 0 saturated carbocycles. The van der Waals surface area contributed by atoms with E-state index in [4.69, 9.17) is 4.74 Å². The standard InChI is InChI=1S/C15H14N2O4S/c1-9-13(22-10(2)16-9)15(20)21-8-12(18)17-14(19)11-6-4-3-5-7-11/h3-7H,8H2,1-2H3,(H,17,18,19). The number of hydrogen-bond acceptors (Lipinski definition) is 6. The average molecular weight is 318 g/mol. The molecule has 0 radical (unpaired) electrons. The van der Waals surface area contributed by atoms with E-state index in [1.54, 1.807) is 44.2 Å². The first kappa shape index (κ1) is 15.8. The zero-order valence-electron chi connectivity index (χ0n) is 12.1. The van der Waals surface area contributed by atoms with E-state index >= 15 is 0 Å². The molecule has 7 heteroatoms. The van der Waals surface area contributed by atoms with Crippen molar-refractivity contribution >= 4 is 29.1 Å². The summed E-state index contributed by atoms with van der Waals surface area (Å²) in [4.78, 5) is 39.7. The maximum atomic E-state index is 11.8. The van der Waals surface area contributed by atoms with Crippen LogP contribution in [0.25, 0.3) is 0 Å². The maximum absolute atomic E-state index is 11.8. The van der Waals surface area contributed by atoms with E-state index in [9.17, 15) is 14.4 Å². The van der Waals surface area contributed by atoms with E-state index in [0.29, 0.717) is 16.1 Å². The molecule has 1 aromatic carbocycles. The Morgan fingerprint density at radius 3 is 2.45 bits per heavy atom. The summed E-state index contributed by atoms with van der Waals surface area (Å²) in [7, 11) is 0. The summed E-state index contributed by atoms with van der Waals surface area (Å²) >= 11 is 1.20. The summed E-state index contributed by atoms with van der Waals surface area (Å²) in [6.45, 7) is 2.95. The lowest BCUT2D eigenvalue weighted by atomic mass is 10.2. The second kappa shape index (κ2) is 6.95. The second-order valence-corrected chi connectivity index (χ2v) is 5.67. The van der Waals surface area contributed by atoms with Crippen LogP contribution in [0.5, 0.6) is 0 Å². The number of hydrogen-bond donors (Lipinski definition) is 1. The SMILES string of the molecule is Cc1nc(C)c(C(=O)OCC(=O)NC(=O)c2ccccc2)s1. The predicted octanol–water partition coefficient (Wildman–Crippen LogP) is 1.87. The fourth-order valence-electron chi connectivity index (χ4n) is 1.74. The van der Waals surface area contributed by atoms with Crippen molar-refractivity contribution in [2.45, 2.75) is 13.8 Å². The smallest absolute Gasteiger partial charge is 0.350 e. The topological polar surface area (TPSA) is 85.4 Å². The van der Waals surface area contributed by atoms with Crippen molar-refractivity contribution in [1.82, 2.24) is 10.3 Å². The summed E-state index contributed by atoms with van der Waals surface area (Å²) in [5.41, 5.74) is 0.921. The number of nitrogens with one attached hydrogen (secondary N) is 1. The first-order valence-corrected chi connectivity index (χ1v) is 7.29. The van der Waals surface area contributed by atoms with Gasteiger partial charge in [0.05, 0.1) is 10.7 Å². The normalized spacial score (nSPS) is 10.1. The number of rotatable bonds is 4. The molecular weight excluding hydrogens is 304 g/mol. The predicted molar refractivity (Wildman–Crippen MR) is 80.8 cm³/mol. The Balaban J connectivity index is 1.87. The van der Waals surface area contributed by atoms with Gasteiger partial charge >= 0.3 is 5.97 Å². The largest absolute Gasteiger partial charge is 0.451 e. The van der Waals surface area contributed by atoms with Gasteiger partial charge in [0.25, 0.3) is 11.8 Å². The van der Waals surface area contributed by atoms with Crippen LogP contribution in [-0.2, 0) is 9.53 Å². The number of ether oxygens (including phenoxy) is 1. The van der Waals surface area contributed by atoms with Crippen molar-refractivity contribution in [3.05, 3.63) is 51.5 Å². The zero-order valence-corrected chi connectivity index (χ0v) is 12.9. The van der Waals surface area contributed by atoms with E-state index in [1.165, 1.54) is 11.3 Å². The van der Waals surface area contributed by atoms with Crippen LogP contribution < -0.4 is 5.32 Å². The van der Waals surface area contributed by atoms with Gasteiger partial charge in [0.1, 0.15) is 4.88 Å². The van der Waals surface area contributed by atoms with Gasteiger partial charge in [-0.15, -0.1) is 11.3 Å². The summed E-state index contributed by atoms with van der Waals surface area (Å²) < 4.78 is 4.89. The maximum Gasteiger partial charge on any atom is 0.350 e. The monoisotopic (exact) mass is 318 g/mol. The molecule has 1 aromatic heterocycles. The number of nitrogens with zero attached hydrogens (tertiary/aromatic N) is 1. The second-order valence-electron chi connectivity index (χ2n) is 4.47. The molecule has 1 N–H and O–H groups in total. The minimum Gasteiger partial charge on any atom is -0.451 e. The minimum atomic E-state index is -0.680. The Bertz CT molecular complexity index is 710. The van der Waals surface area contributed by atoms with Crippen LogP contribution in [0.2, 0.25) is 0 Å². The van der Waals surface area contributed by atoms with Gasteiger partial charge in [-0.05, 0) is 26.0 Å². The van der Waals surface area contributed by atoms with Gasteiger partial charge in [0.15, 0.2) is 6.61 Å². The fourth-order valence-corrected chi connectivity index (χ4v) is 2.56. The van der Waals surface area contributed by atoms with Crippen LogP contribution in [0.3, 0.4) is 0 Å². The fraction of sp³-hybridized carbons (Fsp3) is 0.200. The molecule has 0 bridgehead atoms. The highest BCUT2D eigenvalue weighted by atomic mass is 32.1. The van der Waals surface area contributed by atoms with E-state index in [1.807, 2.05) is 0 Å². The van der Waals surface area contributed by atoms with Crippen molar-refractivity contribution in [2.24, 2.45) is 0 Å².